The lowest BCUT2D eigenvalue weighted by atomic mass is 10.2. The van der Waals surface area contributed by atoms with Gasteiger partial charge in [-0.1, -0.05) is 24.3 Å². The highest BCUT2D eigenvalue weighted by atomic mass is 32.2. The zero-order valence-electron chi connectivity index (χ0n) is 14.9. The number of amides is 3. The summed E-state index contributed by atoms with van der Waals surface area (Å²) in [5.41, 5.74) is 0.449. The molecule has 0 bridgehead atoms. The van der Waals surface area contributed by atoms with Crippen LogP contribution < -0.4 is 4.90 Å². The van der Waals surface area contributed by atoms with Crippen LogP contribution >= 0.6 is 0 Å². The quantitative estimate of drug-likeness (QED) is 0.735. The molecule has 0 radical (unpaired) electrons. The standard InChI is InChI=1S/C19H18FN3O4S/c20-14-6-4-9-16(12-14)28(26,27)21-10-5-11-22-17(13-21)18(24)23(19(22)25)15-7-2-1-3-8-15/h1-4,6-9,12,17H,5,10-11,13H2. The predicted molar refractivity (Wildman–Crippen MR) is 99.6 cm³/mol. The van der Waals surface area contributed by atoms with E-state index in [4.69, 9.17) is 0 Å². The Bertz CT molecular complexity index is 1030. The predicted octanol–water partition coefficient (Wildman–Crippen LogP) is 2.06. The molecule has 3 amide bonds. The highest BCUT2D eigenvalue weighted by Crippen LogP contribution is 2.29. The third-order valence-corrected chi connectivity index (χ3v) is 6.81. The molecule has 9 heteroatoms. The summed E-state index contributed by atoms with van der Waals surface area (Å²) in [6, 6.07) is 11.9. The van der Waals surface area contributed by atoms with Crippen molar-refractivity contribution in [3.8, 4) is 0 Å². The van der Waals surface area contributed by atoms with E-state index in [9.17, 15) is 22.4 Å². The number of urea groups is 1. The van der Waals surface area contributed by atoms with Crippen LogP contribution in [0.5, 0.6) is 0 Å². The van der Waals surface area contributed by atoms with Crippen LogP contribution in [0.15, 0.2) is 59.5 Å². The zero-order chi connectivity index (χ0) is 19.9. The number of nitrogens with zero attached hydrogens (tertiary/aromatic N) is 3. The first-order chi connectivity index (χ1) is 13.4. The van der Waals surface area contributed by atoms with E-state index in [0.717, 1.165) is 15.3 Å². The Morgan fingerprint density at radius 1 is 0.964 bits per heavy atom. The Morgan fingerprint density at radius 2 is 1.71 bits per heavy atom. The molecular weight excluding hydrogens is 385 g/mol. The monoisotopic (exact) mass is 403 g/mol. The summed E-state index contributed by atoms with van der Waals surface area (Å²) in [5, 5.41) is 0. The van der Waals surface area contributed by atoms with Gasteiger partial charge in [-0.25, -0.2) is 22.5 Å². The van der Waals surface area contributed by atoms with E-state index in [2.05, 4.69) is 0 Å². The maximum absolute atomic E-state index is 13.5. The van der Waals surface area contributed by atoms with Gasteiger partial charge in [0.15, 0.2) is 0 Å². The molecule has 2 fully saturated rings. The Labute approximate surface area is 162 Å². The van der Waals surface area contributed by atoms with Gasteiger partial charge in [-0.3, -0.25) is 4.79 Å². The summed E-state index contributed by atoms with van der Waals surface area (Å²) in [7, 11) is -3.98. The van der Waals surface area contributed by atoms with E-state index in [1.807, 2.05) is 0 Å². The maximum atomic E-state index is 13.5. The molecular formula is C19H18FN3O4S. The van der Waals surface area contributed by atoms with Crippen LogP contribution in [0.1, 0.15) is 6.42 Å². The summed E-state index contributed by atoms with van der Waals surface area (Å²) in [6.45, 7) is 0.262. The first-order valence-electron chi connectivity index (χ1n) is 8.85. The van der Waals surface area contributed by atoms with Crippen molar-refractivity contribution < 1.29 is 22.4 Å². The van der Waals surface area contributed by atoms with E-state index < -0.39 is 33.8 Å². The third kappa shape index (κ3) is 3.06. The van der Waals surface area contributed by atoms with Gasteiger partial charge < -0.3 is 4.90 Å². The second-order valence-electron chi connectivity index (χ2n) is 6.67. The van der Waals surface area contributed by atoms with Crippen molar-refractivity contribution in [1.82, 2.24) is 9.21 Å². The highest BCUT2D eigenvalue weighted by molar-refractivity contribution is 7.89. The molecule has 0 spiro atoms. The summed E-state index contributed by atoms with van der Waals surface area (Å²) in [4.78, 5) is 28.1. The lowest BCUT2D eigenvalue weighted by Crippen LogP contribution is -2.43. The fourth-order valence-corrected chi connectivity index (χ4v) is 5.09. The third-order valence-electron chi connectivity index (χ3n) is 4.95. The molecule has 1 unspecified atom stereocenters. The fourth-order valence-electron chi connectivity index (χ4n) is 3.58. The molecule has 2 aromatic carbocycles. The Balaban J connectivity index is 1.65. The van der Waals surface area contributed by atoms with Crippen LogP contribution in [0.4, 0.5) is 14.9 Å². The Hall–Kier alpha value is -2.78. The molecule has 2 saturated heterocycles. The molecule has 0 aliphatic carbocycles. The van der Waals surface area contributed by atoms with Gasteiger partial charge in [0, 0.05) is 19.6 Å². The molecule has 0 aromatic heterocycles. The van der Waals surface area contributed by atoms with Crippen molar-refractivity contribution in [3.63, 3.8) is 0 Å². The first kappa shape index (κ1) is 18.6. The van der Waals surface area contributed by atoms with Crippen molar-refractivity contribution in [2.45, 2.75) is 17.4 Å². The van der Waals surface area contributed by atoms with Crippen molar-refractivity contribution in [3.05, 3.63) is 60.4 Å². The number of hydrogen-bond acceptors (Lipinski definition) is 4. The van der Waals surface area contributed by atoms with Crippen molar-refractivity contribution in [2.75, 3.05) is 24.5 Å². The van der Waals surface area contributed by atoms with Gasteiger partial charge in [0.05, 0.1) is 10.6 Å². The molecule has 28 heavy (non-hydrogen) atoms. The van der Waals surface area contributed by atoms with E-state index in [0.29, 0.717) is 12.1 Å². The lowest BCUT2D eigenvalue weighted by Gasteiger charge is -2.23. The van der Waals surface area contributed by atoms with Crippen LogP contribution in [-0.4, -0.2) is 55.2 Å². The second kappa shape index (κ2) is 6.99. The Kier molecular flexibility index (Phi) is 4.64. The molecule has 2 aliphatic rings. The molecule has 0 saturated carbocycles. The van der Waals surface area contributed by atoms with Gasteiger partial charge in [0.1, 0.15) is 11.9 Å². The lowest BCUT2D eigenvalue weighted by molar-refractivity contribution is -0.119. The molecule has 2 aliphatic heterocycles. The summed E-state index contributed by atoms with van der Waals surface area (Å²) < 4.78 is 40.6. The van der Waals surface area contributed by atoms with Gasteiger partial charge in [-0.15, -0.1) is 0 Å². The number of fused-ring (bicyclic) bond motifs is 1. The van der Waals surface area contributed by atoms with Crippen molar-refractivity contribution >= 4 is 27.6 Å². The van der Waals surface area contributed by atoms with E-state index in [-0.39, 0.29) is 24.5 Å². The number of halogens is 1. The number of para-hydroxylation sites is 1. The molecule has 2 aromatic rings. The van der Waals surface area contributed by atoms with Gasteiger partial charge in [-0.2, -0.15) is 4.31 Å². The molecule has 146 valence electrons. The van der Waals surface area contributed by atoms with Gasteiger partial charge >= 0.3 is 6.03 Å². The van der Waals surface area contributed by atoms with Crippen LogP contribution in [-0.2, 0) is 14.8 Å². The van der Waals surface area contributed by atoms with Gasteiger partial charge in [0.2, 0.25) is 10.0 Å². The topological polar surface area (TPSA) is 78.0 Å². The number of rotatable bonds is 3. The SMILES string of the molecule is O=C1C2CN(S(=O)(=O)c3cccc(F)c3)CCCN2C(=O)N1c1ccccc1. The Morgan fingerprint density at radius 3 is 2.43 bits per heavy atom. The normalized spacial score (nSPS) is 21.0. The smallest absolute Gasteiger partial charge is 0.311 e. The van der Waals surface area contributed by atoms with Crippen LogP contribution in [0, 0.1) is 5.82 Å². The average molecular weight is 403 g/mol. The molecule has 1 atom stereocenters. The van der Waals surface area contributed by atoms with Crippen LogP contribution in [0.25, 0.3) is 0 Å². The summed E-state index contributed by atoms with van der Waals surface area (Å²) in [6.07, 6.45) is 0.382. The number of carbonyl (C=O) groups excluding carboxylic acids is 2. The minimum Gasteiger partial charge on any atom is -0.311 e. The number of anilines is 1. The zero-order valence-corrected chi connectivity index (χ0v) is 15.7. The van der Waals surface area contributed by atoms with Crippen molar-refractivity contribution in [1.29, 1.82) is 0 Å². The number of carbonyl (C=O) groups is 2. The van der Waals surface area contributed by atoms with Gasteiger partial charge in [-0.05, 0) is 36.8 Å². The molecule has 0 N–H and O–H groups in total. The number of benzene rings is 2. The van der Waals surface area contributed by atoms with E-state index in [1.165, 1.54) is 23.1 Å². The largest absolute Gasteiger partial charge is 0.332 e. The average Bonchev–Trinajstić information content (AvgIpc) is 2.84. The maximum Gasteiger partial charge on any atom is 0.332 e. The first-order valence-corrected chi connectivity index (χ1v) is 10.3. The minimum atomic E-state index is -3.98. The van der Waals surface area contributed by atoms with E-state index >= 15 is 0 Å². The van der Waals surface area contributed by atoms with Gasteiger partial charge in [0.25, 0.3) is 5.91 Å². The molecule has 7 nitrogen and oxygen atoms in total. The molecule has 2 heterocycles. The van der Waals surface area contributed by atoms with E-state index in [1.54, 1.807) is 30.3 Å². The fraction of sp³-hybridized carbons (Fsp3) is 0.263. The number of imide groups is 1. The number of hydrogen-bond donors (Lipinski definition) is 0. The second-order valence-corrected chi connectivity index (χ2v) is 8.61. The number of sulfonamides is 1. The minimum absolute atomic E-state index is 0.151. The van der Waals surface area contributed by atoms with Crippen molar-refractivity contribution in [2.24, 2.45) is 0 Å². The molecule has 4 rings (SSSR count). The summed E-state index contributed by atoms with van der Waals surface area (Å²) in [5.74, 6) is -1.11. The van der Waals surface area contributed by atoms with Crippen LogP contribution in [0.3, 0.4) is 0 Å². The summed E-state index contributed by atoms with van der Waals surface area (Å²) >= 11 is 0. The highest BCUT2D eigenvalue weighted by Gasteiger charge is 2.48. The van der Waals surface area contributed by atoms with Crippen LogP contribution in [0.2, 0.25) is 0 Å².